The molecule has 0 spiro atoms. The van der Waals surface area contributed by atoms with E-state index in [0.29, 0.717) is 5.57 Å². The molecule has 1 unspecified atom stereocenters. The van der Waals surface area contributed by atoms with Crippen LogP contribution < -0.4 is 12.4 Å². The standard InChI is InChI=1S/C26H52NO.ClH/c1-7-8-9-10-11-12-13-14-15-16-17-18-19-20-21-22-23-27(5,6)25(4)26(28)24(2)3;/h25H,2,7-23H2,1,3-6H3;1H/q+1;/p-1. The van der Waals surface area contributed by atoms with Crippen LogP contribution in [0.4, 0.5) is 0 Å². The van der Waals surface area contributed by atoms with E-state index in [1.807, 2.05) is 13.8 Å². The van der Waals surface area contributed by atoms with Crippen molar-refractivity contribution in [3.05, 3.63) is 12.2 Å². The van der Waals surface area contributed by atoms with Crippen molar-refractivity contribution in [2.45, 2.75) is 130 Å². The second kappa shape index (κ2) is 19.6. The fourth-order valence-corrected chi connectivity index (χ4v) is 3.94. The maximum absolute atomic E-state index is 12.1. The Hall–Kier alpha value is -0.340. The molecule has 29 heavy (non-hydrogen) atoms. The first-order valence-electron chi connectivity index (χ1n) is 12.3. The Balaban J connectivity index is 0. The lowest BCUT2D eigenvalue weighted by atomic mass is 10.0. The summed E-state index contributed by atoms with van der Waals surface area (Å²) in [6, 6.07) is 0.0221. The van der Waals surface area contributed by atoms with E-state index in [2.05, 4.69) is 27.6 Å². The number of rotatable bonds is 20. The van der Waals surface area contributed by atoms with Crippen LogP contribution >= 0.6 is 0 Å². The van der Waals surface area contributed by atoms with Gasteiger partial charge in [0, 0.05) is 0 Å². The minimum absolute atomic E-state index is 0. The average molecular weight is 430 g/mol. The molecule has 0 aliphatic heterocycles. The summed E-state index contributed by atoms with van der Waals surface area (Å²) >= 11 is 0. The van der Waals surface area contributed by atoms with Crippen LogP contribution in [0.2, 0.25) is 0 Å². The van der Waals surface area contributed by atoms with Crippen LogP contribution in [0, 0.1) is 0 Å². The van der Waals surface area contributed by atoms with Gasteiger partial charge in [-0.3, -0.25) is 4.79 Å². The molecule has 0 bridgehead atoms. The molecule has 174 valence electrons. The molecule has 0 saturated heterocycles. The van der Waals surface area contributed by atoms with E-state index in [9.17, 15) is 4.79 Å². The second-order valence-corrected chi connectivity index (χ2v) is 9.63. The van der Waals surface area contributed by atoms with Crippen LogP contribution in [0.15, 0.2) is 12.2 Å². The summed E-state index contributed by atoms with van der Waals surface area (Å²) in [5.74, 6) is 0.210. The molecule has 0 radical (unpaired) electrons. The van der Waals surface area contributed by atoms with Crippen molar-refractivity contribution >= 4 is 5.78 Å². The molecule has 0 amide bonds. The lowest BCUT2D eigenvalue weighted by Crippen LogP contribution is -3.00. The molecule has 0 aromatic heterocycles. The Morgan fingerprint density at radius 3 is 1.34 bits per heavy atom. The quantitative estimate of drug-likeness (QED) is 0.153. The van der Waals surface area contributed by atoms with Gasteiger partial charge in [0.05, 0.1) is 20.6 Å². The molecule has 2 nitrogen and oxygen atoms in total. The van der Waals surface area contributed by atoms with Gasteiger partial charge < -0.3 is 16.9 Å². The Labute approximate surface area is 189 Å². The predicted octanol–water partition coefficient (Wildman–Crippen LogP) is 4.86. The van der Waals surface area contributed by atoms with Crippen LogP contribution in [0.3, 0.4) is 0 Å². The van der Waals surface area contributed by atoms with E-state index < -0.39 is 0 Å². The summed E-state index contributed by atoms with van der Waals surface area (Å²) in [5, 5.41) is 0. The number of quaternary nitrogens is 1. The monoisotopic (exact) mass is 429 g/mol. The van der Waals surface area contributed by atoms with Crippen LogP contribution in [0.5, 0.6) is 0 Å². The molecule has 1 atom stereocenters. The number of hydrogen-bond donors (Lipinski definition) is 0. The molecule has 3 heteroatoms. The third kappa shape index (κ3) is 17.1. The van der Waals surface area contributed by atoms with Gasteiger partial charge in [-0.05, 0) is 32.3 Å². The smallest absolute Gasteiger partial charge is 0.214 e. The van der Waals surface area contributed by atoms with Crippen molar-refractivity contribution in [1.82, 2.24) is 0 Å². The van der Waals surface area contributed by atoms with Crippen molar-refractivity contribution < 1.29 is 21.7 Å². The summed E-state index contributed by atoms with van der Waals surface area (Å²) in [7, 11) is 4.35. The maximum Gasteiger partial charge on any atom is 0.214 e. The molecular formula is C26H52ClNO. The molecule has 0 rings (SSSR count). The van der Waals surface area contributed by atoms with Crippen molar-refractivity contribution in [1.29, 1.82) is 0 Å². The van der Waals surface area contributed by atoms with E-state index in [0.717, 1.165) is 11.0 Å². The number of ketones is 1. The number of hydrogen-bond acceptors (Lipinski definition) is 1. The number of unbranched alkanes of at least 4 members (excludes halogenated alkanes) is 15. The van der Waals surface area contributed by atoms with Gasteiger partial charge in [-0.15, -0.1) is 0 Å². The molecule has 0 fully saturated rings. The average Bonchev–Trinajstić information content (AvgIpc) is 2.66. The van der Waals surface area contributed by atoms with E-state index in [4.69, 9.17) is 0 Å². The maximum atomic E-state index is 12.1. The SMILES string of the molecule is C=C(C)C(=O)C(C)[N+](C)(C)CCCCCCCCCCCCCCCCCC.[Cl-]. The zero-order valence-corrected chi connectivity index (χ0v) is 21.3. The number of halogens is 1. The summed E-state index contributed by atoms with van der Waals surface area (Å²) < 4.78 is 0.782. The number of carbonyl (C=O) groups is 1. The minimum Gasteiger partial charge on any atom is -1.00 e. The van der Waals surface area contributed by atoms with Crippen molar-refractivity contribution in [3.63, 3.8) is 0 Å². The van der Waals surface area contributed by atoms with E-state index >= 15 is 0 Å². The third-order valence-corrected chi connectivity index (χ3v) is 6.44. The van der Waals surface area contributed by atoms with Gasteiger partial charge in [0.1, 0.15) is 6.04 Å². The highest BCUT2D eigenvalue weighted by atomic mass is 35.5. The predicted molar refractivity (Wildman–Crippen MR) is 126 cm³/mol. The highest BCUT2D eigenvalue weighted by Crippen LogP contribution is 2.16. The van der Waals surface area contributed by atoms with Crippen LogP contribution in [-0.2, 0) is 4.79 Å². The normalized spacial score (nSPS) is 12.4. The van der Waals surface area contributed by atoms with Gasteiger partial charge in [-0.2, -0.15) is 0 Å². The molecule has 0 saturated carbocycles. The number of likely N-dealkylation sites (N-methyl/N-ethyl adjacent to an activating group) is 1. The Bertz CT molecular complexity index is 406. The van der Waals surface area contributed by atoms with Crippen LogP contribution in [0.1, 0.15) is 124 Å². The van der Waals surface area contributed by atoms with E-state index in [-0.39, 0.29) is 24.2 Å². The lowest BCUT2D eigenvalue weighted by Gasteiger charge is -2.35. The van der Waals surface area contributed by atoms with Gasteiger partial charge in [0.15, 0.2) is 0 Å². The molecule has 0 aromatic rings. The van der Waals surface area contributed by atoms with Gasteiger partial charge in [-0.1, -0.05) is 103 Å². The van der Waals surface area contributed by atoms with Crippen LogP contribution in [-0.4, -0.2) is 36.9 Å². The van der Waals surface area contributed by atoms with Crippen molar-refractivity contribution in [2.24, 2.45) is 0 Å². The van der Waals surface area contributed by atoms with Crippen molar-refractivity contribution in [2.75, 3.05) is 20.6 Å². The first-order chi connectivity index (χ1) is 13.3. The molecule has 0 aromatic carbocycles. The summed E-state index contributed by atoms with van der Waals surface area (Å²) in [5.41, 5.74) is 0.686. The first-order valence-corrected chi connectivity index (χ1v) is 12.3. The van der Waals surface area contributed by atoms with Crippen LogP contribution in [0.25, 0.3) is 0 Å². The zero-order valence-electron chi connectivity index (χ0n) is 20.5. The fourth-order valence-electron chi connectivity index (χ4n) is 3.94. The Morgan fingerprint density at radius 1 is 0.724 bits per heavy atom. The molecular weight excluding hydrogens is 378 g/mol. The highest BCUT2D eigenvalue weighted by Gasteiger charge is 2.29. The Morgan fingerprint density at radius 2 is 1.03 bits per heavy atom. The first kappa shape index (κ1) is 30.9. The van der Waals surface area contributed by atoms with Gasteiger partial charge in [-0.25, -0.2) is 0 Å². The van der Waals surface area contributed by atoms with Crippen molar-refractivity contribution in [3.8, 4) is 0 Å². The Kier molecular flexibility index (Phi) is 20.9. The lowest BCUT2D eigenvalue weighted by molar-refractivity contribution is -0.904. The molecule has 0 N–H and O–H groups in total. The topological polar surface area (TPSA) is 17.1 Å². The number of Topliss-reactive ketones (excluding diaryl/α,β-unsaturated/α-hetero) is 1. The third-order valence-electron chi connectivity index (χ3n) is 6.44. The number of carbonyl (C=O) groups excluding carboxylic acids is 1. The second-order valence-electron chi connectivity index (χ2n) is 9.63. The molecule has 0 aliphatic rings. The summed E-state index contributed by atoms with van der Waals surface area (Å²) in [6.07, 6.45) is 22.4. The zero-order chi connectivity index (χ0) is 21.3. The number of nitrogens with zero attached hydrogens (tertiary/aromatic N) is 1. The summed E-state index contributed by atoms with van der Waals surface area (Å²) in [4.78, 5) is 12.1. The largest absolute Gasteiger partial charge is 1.00 e. The molecule has 0 aliphatic carbocycles. The highest BCUT2D eigenvalue weighted by molar-refractivity contribution is 5.97. The molecule has 0 heterocycles. The fraction of sp³-hybridized carbons (Fsp3) is 0.885. The van der Waals surface area contributed by atoms with Gasteiger partial charge >= 0.3 is 0 Å². The summed E-state index contributed by atoms with van der Waals surface area (Å²) in [6.45, 7) is 11.1. The van der Waals surface area contributed by atoms with E-state index in [1.54, 1.807) is 0 Å². The van der Waals surface area contributed by atoms with Gasteiger partial charge in [0.25, 0.3) is 0 Å². The van der Waals surface area contributed by atoms with E-state index in [1.165, 1.54) is 103 Å². The minimum atomic E-state index is 0. The van der Waals surface area contributed by atoms with Gasteiger partial charge in [0.2, 0.25) is 5.78 Å².